The van der Waals surface area contributed by atoms with Crippen molar-refractivity contribution < 1.29 is 14.5 Å². The monoisotopic (exact) mass is 217 g/mol. The molecule has 1 aliphatic heterocycles. The predicted octanol–water partition coefficient (Wildman–Crippen LogP) is 2.08. The molecule has 1 aromatic carbocycles. The molecule has 0 atom stereocenters. The summed E-state index contributed by atoms with van der Waals surface area (Å²) in [5.74, 6) is -0.440. The highest BCUT2D eigenvalue weighted by molar-refractivity contribution is 5.89. The molecule has 0 bridgehead atoms. The Morgan fingerprint density at radius 2 is 2.06 bits per heavy atom. The lowest BCUT2D eigenvalue weighted by Crippen LogP contribution is -2.25. The molecule has 16 heavy (non-hydrogen) atoms. The van der Waals surface area contributed by atoms with Crippen molar-refractivity contribution in [1.82, 2.24) is 5.23 Å². The first-order valence-electron chi connectivity index (χ1n) is 4.89. The Morgan fingerprint density at radius 1 is 1.25 bits per heavy atom. The lowest BCUT2D eigenvalue weighted by atomic mass is 10.2. The minimum atomic E-state index is -0.440. The van der Waals surface area contributed by atoms with Crippen LogP contribution in [0.1, 0.15) is 10.4 Å². The van der Waals surface area contributed by atoms with Crippen LogP contribution in [-0.4, -0.2) is 17.7 Å². The number of hydrogen-bond donors (Lipinski definition) is 0. The van der Waals surface area contributed by atoms with Gasteiger partial charge in [-0.3, -0.25) is 0 Å². The van der Waals surface area contributed by atoms with E-state index in [2.05, 4.69) is 0 Å². The van der Waals surface area contributed by atoms with E-state index in [-0.39, 0.29) is 0 Å². The molecular weight excluding hydrogens is 206 g/mol. The van der Waals surface area contributed by atoms with E-state index in [0.29, 0.717) is 12.1 Å². The van der Waals surface area contributed by atoms with E-state index < -0.39 is 5.97 Å². The number of carbonyl (C=O) groups excluding carboxylic acids is 1. The summed E-state index contributed by atoms with van der Waals surface area (Å²) in [7, 11) is 0. The molecule has 0 unspecified atom stereocenters. The van der Waals surface area contributed by atoms with Crippen LogP contribution in [0.25, 0.3) is 0 Å². The van der Waals surface area contributed by atoms with Gasteiger partial charge in [0.15, 0.2) is 0 Å². The quantitative estimate of drug-likeness (QED) is 0.760. The molecule has 0 spiro atoms. The molecule has 0 aromatic heterocycles. The van der Waals surface area contributed by atoms with Crippen LogP contribution in [0.5, 0.6) is 0 Å². The van der Waals surface area contributed by atoms with Gasteiger partial charge in [0.05, 0.1) is 12.1 Å². The summed E-state index contributed by atoms with van der Waals surface area (Å²) in [4.78, 5) is 21.7. The molecule has 4 heteroatoms. The zero-order valence-electron chi connectivity index (χ0n) is 8.58. The van der Waals surface area contributed by atoms with Crippen molar-refractivity contribution in [1.29, 1.82) is 0 Å². The van der Waals surface area contributed by atoms with Crippen LogP contribution >= 0.6 is 0 Å². The Hall–Kier alpha value is -2.07. The third kappa shape index (κ3) is 2.71. The lowest BCUT2D eigenvalue weighted by Gasteiger charge is -2.16. The summed E-state index contributed by atoms with van der Waals surface area (Å²) in [5.41, 5.74) is 0.489. The zero-order valence-corrected chi connectivity index (χ0v) is 8.58. The van der Waals surface area contributed by atoms with Crippen molar-refractivity contribution in [2.24, 2.45) is 0 Å². The third-order valence-corrected chi connectivity index (χ3v) is 1.95. The maximum Gasteiger partial charge on any atom is 0.360 e. The van der Waals surface area contributed by atoms with Crippen LogP contribution < -0.4 is 0 Å². The lowest BCUT2D eigenvalue weighted by molar-refractivity contribution is -0.297. The largest absolute Gasteiger partial charge is 0.379 e. The molecule has 0 fully saturated rings. The minimum absolute atomic E-state index is 0.394. The molecule has 1 aromatic rings. The van der Waals surface area contributed by atoms with Gasteiger partial charge in [-0.2, -0.15) is 0 Å². The zero-order chi connectivity index (χ0) is 11.2. The van der Waals surface area contributed by atoms with Crippen LogP contribution in [0.2, 0.25) is 0 Å². The summed E-state index contributed by atoms with van der Waals surface area (Å²) in [6.45, 7) is 0.394. The molecule has 0 saturated heterocycles. The van der Waals surface area contributed by atoms with E-state index in [0.717, 1.165) is 5.23 Å². The summed E-state index contributed by atoms with van der Waals surface area (Å²) in [6, 6.07) is 8.77. The maximum atomic E-state index is 11.6. The highest BCUT2D eigenvalue weighted by Gasteiger charge is 2.13. The molecule has 0 amide bonds. The number of hydrogen-bond acceptors (Lipinski definition) is 4. The van der Waals surface area contributed by atoms with E-state index in [1.807, 2.05) is 18.2 Å². The van der Waals surface area contributed by atoms with Gasteiger partial charge in [0.2, 0.25) is 0 Å². The Balaban J connectivity index is 1.97. The van der Waals surface area contributed by atoms with Crippen LogP contribution in [0.4, 0.5) is 0 Å². The fourth-order valence-corrected chi connectivity index (χ4v) is 1.20. The molecule has 82 valence electrons. The van der Waals surface area contributed by atoms with Gasteiger partial charge < -0.3 is 9.68 Å². The van der Waals surface area contributed by atoms with Gasteiger partial charge in [-0.05, 0) is 18.2 Å². The topological polar surface area (TPSA) is 38.8 Å². The van der Waals surface area contributed by atoms with Crippen molar-refractivity contribution in [3.8, 4) is 0 Å². The summed E-state index contributed by atoms with van der Waals surface area (Å²) in [6.07, 6.45) is 6.80. The molecule has 0 radical (unpaired) electrons. The van der Waals surface area contributed by atoms with Gasteiger partial charge in [-0.1, -0.05) is 30.4 Å². The van der Waals surface area contributed by atoms with Gasteiger partial charge in [0, 0.05) is 5.23 Å². The van der Waals surface area contributed by atoms with E-state index >= 15 is 0 Å². The second kappa shape index (κ2) is 5.14. The van der Waals surface area contributed by atoms with Gasteiger partial charge in [0.1, 0.15) is 6.26 Å². The van der Waals surface area contributed by atoms with Crippen LogP contribution in [0.3, 0.4) is 0 Å². The average Bonchev–Trinajstić information content (AvgIpc) is 2.59. The number of hydroxylamine groups is 2. The fourth-order valence-electron chi connectivity index (χ4n) is 1.20. The maximum absolute atomic E-state index is 11.6. The highest BCUT2D eigenvalue weighted by atomic mass is 17.0. The second-order valence-corrected chi connectivity index (χ2v) is 3.12. The number of rotatable bonds is 2. The van der Waals surface area contributed by atoms with E-state index in [9.17, 15) is 4.79 Å². The van der Waals surface area contributed by atoms with Crippen molar-refractivity contribution in [2.45, 2.75) is 0 Å². The summed E-state index contributed by atoms with van der Waals surface area (Å²) >= 11 is 0. The molecule has 4 nitrogen and oxygen atoms in total. The highest BCUT2D eigenvalue weighted by Crippen LogP contribution is 2.05. The molecular formula is C12H11NO3. The van der Waals surface area contributed by atoms with Gasteiger partial charge in [-0.15, -0.1) is 0 Å². The smallest absolute Gasteiger partial charge is 0.360 e. The number of carbonyl (C=O) groups is 1. The first-order valence-corrected chi connectivity index (χ1v) is 4.89. The molecule has 1 aliphatic rings. The van der Waals surface area contributed by atoms with Crippen molar-refractivity contribution in [3.05, 3.63) is 60.4 Å². The Bertz CT molecular complexity index is 398. The molecule has 0 N–H and O–H groups in total. The third-order valence-electron chi connectivity index (χ3n) is 1.95. The Labute approximate surface area is 93.3 Å². The first-order chi connectivity index (χ1) is 7.86. The molecule has 0 aliphatic carbocycles. The standard InChI is InChI=1S/C12H11NO3/c14-12(11-7-3-1-4-8-11)16-13-9-5-2-6-10-15-13/h1-8,10H,9H2. The molecule has 1 heterocycles. The SMILES string of the molecule is O=C(ON1CC=CC=CO1)c1ccccc1. The van der Waals surface area contributed by atoms with E-state index in [4.69, 9.17) is 9.68 Å². The van der Waals surface area contributed by atoms with E-state index in [1.54, 1.807) is 30.3 Å². The Morgan fingerprint density at radius 3 is 2.88 bits per heavy atom. The predicted molar refractivity (Wildman–Crippen MR) is 57.9 cm³/mol. The fraction of sp³-hybridized carbons (Fsp3) is 0.0833. The molecule has 0 saturated carbocycles. The van der Waals surface area contributed by atoms with Crippen LogP contribution in [-0.2, 0) is 9.68 Å². The van der Waals surface area contributed by atoms with Crippen LogP contribution in [0.15, 0.2) is 54.8 Å². The van der Waals surface area contributed by atoms with Crippen molar-refractivity contribution >= 4 is 5.97 Å². The number of benzene rings is 1. The van der Waals surface area contributed by atoms with Crippen molar-refractivity contribution in [2.75, 3.05) is 6.54 Å². The first kappa shape index (κ1) is 10.4. The van der Waals surface area contributed by atoms with E-state index in [1.165, 1.54) is 6.26 Å². The number of allylic oxidation sites excluding steroid dienone is 2. The average molecular weight is 217 g/mol. The summed E-state index contributed by atoms with van der Waals surface area (Å²) < 4.78 is 0. The van der Waals surface area contributed by atoms with Gasteiger partial charge >= 0.3 is 5.97 Å². The van der Waals surface area contributed by atoms with Crippen molar-refractivity contribution in [3.63, 3.8) is 0 Å². The van der Waals surface area contributed by atoms with Gasteiger partial charge in [-0.25, -0.2) is 4.79 Å². The van der Waals surface area contributed by atoms with Gasteiger partial charge in [0.25, 0.3) is 0 Å². The molecule has 2 rings (SSSR count). The number of nitrogens with zero attached hydrogens (tertiary/aromatic N) is 1. The van der Waals surface area contributed by atoms with Crippen LogP contribution in [0, 0.1) is 0 Å². The Kier molecular flexibility index (Phi) is 3.35. The summed E-state index contributed by atoms with van der Waals surface area (Å²) in [5, 5.41) is 1.12. The second-order valence-electron chi connectivity index (χ2n) is 3.12. The normalized spacial score (nSPS) is 15.2. The minimum Gasteiger partial charge on any atom is -0.379 e.